The van der Waals surface area contributed by atoms with Crippen molar-refractivity contribution in [3.63, 3.8) is 0 Å². The van der Waals surface area contributed by atoms with Crippen LogP contribution >= 0.6 is 0 Å². The Bertz CT molecular complexity index is 574. The van der Waals surface area contributed by atoms with Gasteiger partial charge >= 0.3 is 0 Å². The number of aromatic nitrogens is 1. The minimum Gasteiger partial charge on any atom is -0.455 e. The molecule has 2 rings (SSSR count). The van der Waals surface area contributed by atoms with Gasteiger partial charge in [-0.3, -0.25) is 4.98 Å². The Morgan fingerprint density at radius 1 is 1.05 bits per heavy atom. The van der Waals surface area contributed by atoms with Crippen LogP contribution in [0.25, 0.3) is 0 Å². The van der Waals surface area contributed by atoms with Crippen LogP contribution in [0, 0.1) is 20.8 Å². The zero-order chi connectivity index (χ0) is 14.0. The zero-order valence-electron chi connectivity index (χ0n) is 11.8. The highest BCUT2D eigenvalue weighted by molar-refractivity contribution is 5.46. The van der Waals surface area contributed by atoms with Crippen LogP contribution in [0.15, 0.2) is 30.5 Å². The second-order valence-electron chi connectivity index (χ2n) is 4.85. The molecular formula is C16H19NO2. The number of aliphatic hydroxyl groups is 1. The summed E-state index contributed by atoms with van der Waals surface area (Å²) in [7, 11) is 0. The third-order valence-corrected chi connectivity index (χ3v) is 3.28. The molecular weight excluding hydrogens is 238 g/mol. The predicted octanol–water partition coefficient (Wildman–Crippen LogP) is 3.85. The van der Waals surface area contributed by atoms with Crippen LogP contribution in [0.2, 0.25) is 0 Å². The first-order valence-corrected chi connectivity index (χ1v) is 6.37. The summed E-state index contributed by atoms with van der Waals surface area (Å²) in [5.41, 5.74) is 4.08. The molecule has 1 aromatic carbocycles. The first-order chi connectivity index (χ1) is 8.99. The number of rotatable bonds is 3. The maximum Gasteiger partial charge on any atom is 0.145 e. The van der Waals surface area contributed by atoms with Gasteiger partial charge in [0, 0.05) is 0 Å². The first kappa shape index (κ1) is 13.6. The highest BCUT2D eigenvalue weighted by Gasteiger charge is 2.08. The fourth-order valence-corrected chi connectivity index (χ4v) is 1.90. The molecule has 0 saturated heterocycles. The summed E-state index contributed by atoms with van der Waals surface area (Å²) in [4.78, 5) is 4.18. The topological polar surface area (TPSA) is 42.4 Å². The fourth-order valence-electron chi connectivity index (χ4n) is 1.90. The van der Waals surface area contributed by atoms with Gasteiger partial charge in [-0.1, -0.05) is 12.1 Å². The van der Waals surface area contributed by atoms with E-state index in [0.29, 0.717) is 11.4 Å². The molecule has 3 nitrogen and oxygen atoms in total. The molecule has 0 radical (unpaired) electrons. The number of nitrogens with zero attached hydrogens (tertiary/aromatic N) is 1. The summed E-state index contributed by atoms with van der Waals surface area (Å²) in [5.74, 6) is 1.56. The van der Waals surface area contributed by atoms with Crippen molar-refractivity contribution < 1.29 is 9.84 Å². The number of benzene rings is 1. The number of aryl methyl sites for hydroxylation is 2. The lowest BCUT2D eigenvalue weighted by Crippen LogP contribution is -1.97. The van der Waals surface area contributed by atoms with Gasteiger partial charge in [0.2, 0.25) is 0 Å². The van der Waals surface area contributed by atoms with Gasteiger partial charge in [0.05, 0.1) is 18.0 Å². The Morgan fingerprint density at radius 2 is 1.74 bits per heavy atom. The van der Waals surface area contributed by atoms with Crippen molar-refractivity contribution in [1.82, 2.24) is 4.98 Å². The molecule has 0 aliphatic heterocycles. The van der Waals surface area contributed by atoms with E-state index >= 15 is 0 Å². The summed E-state index contributed by atoms with van der Waals surface area (Å²) < 4.78 is 5.91. The van der Waals surface area contributed by atoms with E-state index in [1.807, 2.05) is 13.0 Å². The molecule has 0 amide bonds. The first-order valence-electron chi connectivity index (χ1n) is 6.37. The summed E-state index contributed by atoms with van der Waals surface area (Å²) >= 11 is 0. The van der Waals surface area contributed by atoms with E-state index < -0.39 is 6.10 Å². The molecule has 2 aromatic rings. The van der Waals surface area contributed by atoms with Crippen LogP contribution < -0.4 is 4.74 Å². The Kier molecular flexibility index (Phi) is 3.86. The number of hydrogen-bond acceptors (Lipinski definition) is 3. The molecule has 0 saturated carbocycles. The summed E-state index contributed by atoms with van der Waals surface area (Å²) in [5, 5.41) is 9.43. The van der Waals surface area contributed by atoms with Gasteiger partial charge in [0.1, 0.15) is 11.5 Å². The van der Waals surface area contributed by atoms with Crippen molar-refractivity contribution in [2.24, 2.45) is 0 Å². The fraction of sp³-hybridized carbons (Fsp3) is 0.312. The van der Waals surface area contributed by atoms with Gasteiger partial charge in [0.15, 0.2) is 0 Å². The van der Waals surface area contributed by atoms with Crippen molar-refractivity contribution in [2.75, 3.05) is 0 Å². The van der Waals surface area contributed by atoms with E-state index in [1.54, 1.807) is 19.2 Å². The molecule has 1 N–H and O–H groups in total. The van der Waals surface area contributed by atoms with Gasteiger partial charge in [-0.2, -0.15) is 0 Å². The zero-order valence-corrected chi connectivity index (χ0v) is 11.8. The minimum atomic E-state index is -0.559. The lowest BCUT2D eigenvalue weighted by atomic mass is 10.1. The second-order valence-corrected chi connectivity index (χ2v) is 4.85. The Labute approximate surface area is 113 Å². The quantitative estimate of drug-likeness (QED) is 0.908. The van der Waals surface area contributed by atoms with Gasteiger partial charge in [0.25, 0.3) is 0 Å². The SMILES string of the molecule is Cc1ccc(C)c(Oc2ccc([C@H](C)O)nc2)c1C. The maximum atomic E-state index is 9.43. The minimum absolute atomic E-state index is 0.559. The van der Waals surface area contributed by atoms with Crippen molar-refractivity contribution in [2.45, 2.75) is 33.8 Å². The van der Waals surface area contributed by atoms with Gasteiger partial charge in [-0.25, -0.2) is 0 Å². The average Bonchev–Trinajstić information content (AvgIpc) is 2.40. The molecule has 1 aromatic heterocycles. The standard InChI is InChI=1S/C16H19NO2/c1-10-5-6-11(2)16(12(10)3)19-14-7-8-15(13(4)18)17-9-14/h5-9,13,18H,1-4H3/t13-/m0/s1. The van der Waals surface area contributed by atoms with Crippen LogP contribution in [-0.4, -0.2) is 10.1 Å². The number of hydrogen-bond donors (Lipinski definition) is 1. The Hall–Kier alpha value is -1.87. The summed E-state index contributed by atoms with van der Waals surface area (Å²) in [6.45, 7) is 7.84. The van der Waals surface area contributed by atoms with Crippen LogP contribution in [0.5, 0.6) is 11.5 Å². The molecule has 0 aliphatic carbocycles. The van der Waals surface area contributed by atoms with Gasteiger partial charge < -0.3 is 9.84 Å². The molecule has 1 atom stereocenters. The number of aliphatic hydroxyl groups excluding tert-OH is 1. The molecule has 0 spiro atoms. The lowest BCUT2D eigenvalue weighted by Gasteiger charge is -2.13. The van der Waals surface area contributed by atoms with Crippen LogP contribution in [0.1, 0.15) is 35.4 Å². The largest absolute Gasteiger partial charge is 0.455 e. The summed E-state index contributed by atoms with van der Waals surface area (Å²) in [6, 6.07) is 7.75. The molecule has 0 fully saturated rings. The third-order valence-electron chi connectivity index (χ3n) is 3.28. The van der Waals surface area contributed by atoms with Crippen LogP contribution in [0.4, 0.5) is 0 Å². The predicted molar refractivity (Wildman–Crippen MR) is 75.6 cm³/mol. The van der Waals surface area contributed by atoms with E-state index in [0.717, 1.165) is 16.9 Å². The molecule has 1 heterocycles. The van der Waals surface area contributed by atoms with Crippen molar-refractivity contribution >= 4 is 0 Å². The van der Waals surface area contributed by atoms with Gasteiger partial charge in [-0.05, 0) is 56.5 Å². The molecule has 3 heteroatoms. The Morgan fingerprint density at radius 3 is 2.32 bits per heavy atom. The molecule has 0 aliphatic rings. The lowest BCUT2D eigenvalue weighted by molar-refractivity contribution is 0.194. The summed E-state index contributed by atoms with van der Waals surface area (Å²) in [6.07, 6.45) is 1.08. The van der Waals surface area contributed by atoms with Crippen molar-refractivity contribution in [1.29, 1.82) is 0 Å². The number of pyridine rings is 1. The highest BCUT2D eigenvalue weighted by Crippen LogP contribution is 2.30. The molecule has 100 valence electrons. The van der Waals surface area contributed by atoms with E-state index in [4.69, 9.17) is 4.74 Å². The number of ether oxygens (including phenoxy) is 1. The highest BCUT2D eigenvalue weighted by atomic mass is 16.5. The third kappa shape index (κ3) is 2.93. The van der Waals surface area contributed by atoms with Crippen molar-refractivity contribution in [3.05, 3.63) is 52.8 Å². The average molecular weight is 257 g/mol. The van der Waals surface area contributed by atoms with Gasteiger partial charge in [-0.15, -0.1) is 0 Å². The molecule has 0 bridgehead atoms. The smallest absolute Gasteiger partial charge is 0.145 e. The van der Waals surface area contributed by atoms with Crippen LogP contribution in [-0.2, 0) is 0 Å². The normalized spacial score (nSPS) is 12.3. The Balaban J connectivity index is 2.29. The van der Waals surface area contributed by atoms with E-state index in [2.05, 4.69) is 31.0 Å². The van der Waals surface area contributed by atoms with E-state index in [-0.39, 0.29) is 0 Å². The molecule has 19 heavy (non-hydrogen) atoms. The molecule has 0 unspecified atom stereocenters. The maximum absolute atomic E-state index is 9.43. The van der Waals surface area contributed by atoms with Crippen molar-refractivity contribution in [3.8, 4) is 11.5 Å². The second kappa shape index (κ2) is 5.41. The van der Waals surface area contributed by atoms with E-state index in [9.17, 15) is 5.11 Å². The monoisotopic (exact) mass is 257 g/mol. The van der Waals surface area contributed by atoms with E-state index in [1.165, 1.54) is 5.56 Å². The van der Waals surface area contributed by atoms with Crippen LogP contribution in [0.3, 0.4) is 0 Å².